The van der Waals surface area contributed by atoms with Crippen LogP contribution in [-0.2, 0) is 6.42 Å². The molecule has 0 fully saturated rings. The van der Waals surface area contributed by atoms with Crippen LogP contribution in [-0.4, -0.2) is 19.2 Å². The summed E-state index contributed by atoms with van der Waals surface area (Å²) in [7, 11) is 0. The Labute approximate surface area is 376 Å². The van der Waals surface area contributed by atoms with Gasteiger partial charge in [-0.05, 0) is 56.2 Å². The Morgan fingerprint density at radius 3 is 0.765 bits per heavy atom. The SMILES string of the molecule is CCCCCC[NH+](CCCCCC)c1ccc(CCCC)cc1.Fc1c(F)c(F)c([B-](c2c(F)c(F)c(F)c(F)c2F)(c2c(F)c(F)c(F)c(F)c2F)c2c(F)c(F)c(F)c(F)c2F)c(F)c1F. The Bertz CT molecular complexity index is 2210. The van der Waals surface area contributed by atoms with Crippen molar-refractivity contribution in [1.82, 2.24) is 0 Å². The van der Waals surface area contributed by atoms with Gasteiger partial charge in [-0.15, -0.1) is 21.9 Å². The molecule has 5 rings (SSSR count). The first-order chi connectivity index (χ1) is 32.0. The van der Waals surface area contributed by atoms with Crippen molar-refractivity contribution in [3.63, 3.8) is 0 Å². The molecule has 5 aromatic rings. The predicted molar refractivity (Wildman–Crippen MR) is 213 cm³/mol. The molecule has 0 bridgehead atoms. The number of nitrogens with one attached hydrogen (secondary N) is 1. The largest absolute Gasteiger partial charge is 0.302 e. The molecule has 68 heavy (non-hydrogen) atoms. The van der Waals surface area contributed by atoms with Gasteiger partial charge in [0.15, 0.2) is 69.8 Å². The van der Waals surface area contributed by atoms with E-state index in [1.165, 1.54) is 95.0 Å². The van der Waals surface area contributed by atoms with Crippen LogP contribution in [0.5, 0.6) is 0 Å². The summed E-state index contributed by atoms with van der Waals surface area (Å²) in [6.45, 7) is 9.47. The van der Waals surface area contributed by atoms with E-state index in [4.69, 9.17) is 0 Å². The van der Waals surface area contributed by atoms with Crippen molar-refractivity contribution >= 4 is 33.7 Å². The molecule has 0 atom stereocenters. The topological polar surface area (TPSA) is 4.44 Å². The lowest BCUT2D eigenvalue weighted by Gasteiger charge is -2.44. The smallest absolute Gasteiger partial charge is 0.200 e. The Balaban J connectivity index is 0.000000369. The van der Waals surface area contributed by atoms with Crippen LogP contribution >= 0.6 is 0 Å². The number of unbranched alkanes of at least 4 members (excludes halogenated alkanes) is 7. The normalized spacial score (nSPS) is 11.8. The summed E-state index contributed by atoms with van der Waals surface area (Å²) in [5.74, 6) is -71.4. The molecule has 22 heteroatoms. The fourth-order valence-corrected chi connectivity index (χ4v) is 8.11. The summed E-state index contributed by atoms with van der Waals surface area (Å²) < 4.78 is 294. The van der Waals surface area contributed by atoms with Gasteiger partial charge in [0.1, 0.15) is 58.4 Å². The molecule has 0 saturated carbocycles. The van der Waals surface area contributed by atoms with Crippen LogP contribution in [0.4, 0.5) is 93.5 Å². The average molecular weight is 998 g/mol. The lowest BCUT2D eigenvalue weighted by molar-refractivity contribution is -0.833. The second kappa shape index (κ2) is 23.4. The molecule has 0 aliphatic heterocycles. The third-order valence-electron chi connectivity index (χ3n) is 11.6. The maximum Gasteiger partial charge on any atom is 0.200 e. The number of rotatable bonds is 18. The van der Waals surface area contributed by atoms with Crippen LogP contribution in [0.25, 0.3) is 0 Å². The Morgan fingerprint density at radius 1 is 0.294 bits per heavy atom. The Morgan fingerprint density at radius 2 is 0.529 bits per heavy atom. The second-order valence-corrected chi connectivity index (χ2v) is 15.8. The minimum atomic E-state index is -7.22. The van der Waals surface area contributed by atoms with E-state index in [9.17, 15) is 52.7 Å². The van der Waals surface area contributed by atoms with Crippen molar-refractivity contribution < 1.29 is 92.7 Å². The average Bonchev–Trinajstić information content (AvgIpc) is 3.33. The van der Waals surface area contributed by atoms with Crippen LogP contribution in [0.1, 0.15) is 90.5 Å². The maximum atomic E-state index is 15.4. The number of hydrogen-bond acceptors (Lipinski definition) is 0. The second-order valence-electron chi connectivity index (χ2n) is 15.8. The molecule has 372 valence electrons. The molecule has 0 aromatic heterocycles. The first kappa shape index (κ1) is 55.3. The molecule has 0 amide bonds. The van der Waals surface area contributed by atoms with Crippen molar-refractivity contribution in [2.45, 2.75) is 91.4 Å². The molecular weight excluding hydrogens is 957 g/mol. The fraction of sp³-hybridized carbons (Fsp3) is 0.348. The third-order valence-corrected chi connectivity index (χ3v) is 11.6. The van der Waals surface area contributed by atoms with Crippen molar-refractivity contribution in [2.75, 3.05) is 13.1 Å². The van der Waals surface area contributed by atoms with E-state index in [1.807, 2.05) is 0 Å². The van der Waals surface area contributed by atoms with Crippen molar-refractivity contribution in [3.05, 3.63) is 146 Å². The summed E-state index contributed by atoms with van der Waals surface area (Å²) in [4.78, 5) is 1.71. The van der Waals surface area contributed by atoms with E-state index in [-0.39, 0.29) is 0 Å². The van der Waals surface area contributed by atoms with Gasteiger partial charge in [0.05, 0.1) is 13.1 Å². The first-order valence-corrected chi connectivity index (χ1v) is 21.2. The van der Waals surface area contributed by atoms with Gasteiger partial charge in [0.2, 0.25) is 0 Å². The molecular formula is C46H40BF20N. The summed E-state index contributed by atoms with van der Waals surface area (Å²) >= 11 is 0. The predicted octanol–water partition coefficient (Wildman–Crippen LogP) is 11.6. The van der Waals surface area contributed by atoms with E-state index >= 15 is 35.1 Å². The van der Waals surface area contributed by atoms with Crippen molar-refractivity contribution in [1.29, 1.82) is 0 Å². The first-order valence-electron chi connectivity index (χ1n) is 21.2. The number of hydrogen-bond donors (Lipinski definition) is 1. The van der Waals surface area contributed by atoms with Crippen molar-refractivity contribution in [3.8, 4) is 0 Å². The van der Waals surface area contributed by atoms with Gasteiger partial charge in [0, 0.05) is 0 Å². The molecule has 1 N–H and O–H groups in total. The Kier molecular flexibility index (Phi) is 19.0. The van der Waals surface area contributed by atoms with Crippen LogP contribution in [0.3, 0.4) is 0 Å². The minimum absolute atomic E-state index is 1.24. The van der Waals surface area contributed by atoms with Crippen LogP contribution in [0.15, 0.2) is 24.3 Å². The van der Waals surface area contributed by atoms with Gasteiger partial charge >= 0.3 is 0 Å². The highest BCUT2D eigenvalue weighted by atomic mass is 19.2. The van der Waals surface area contributed by atoms with Crippen LogP contribution in [0.2, 0.25) is 0 Å². The molecule has 0 saturated heterocycles. The van der Waals surface area contributed by atoms with Gasteiger partial charge in [-0.1, -0.05) is 65.0 Å². The standard InChI is InChI=1S/C24BF20.C22H39N/c26-5-1(6(27)14(35)21(42)13(5)34)25(2-7(28)15(36)22(43)16(37)8(2)29,3-9(30)17(38)23(44)18(39)10(3)31)4-11(32)19(40)24(45)20(41)12(4)33;1-4-7-10-12-19-23(20-13-11-8-5-2)22-17-15-21(16-18-22)14-9-6-3/h;15-18H,4-14,19-20H2,1-3H3/q-1;/p+1. The molecule has 1 nitrogen and oxygen atoms in total. The highest BCUT2D eigenvalue weighted by Gasteiger charge is 2.52. The maximum absolute atomic E-state index is 15.4. The summed E-state index contributed by atoms with van der Waals surface area (Å²) in [5, 5.41) is 0. The Hall–Kier alpha value is -5.28. The zero-order chi connectivity index (χ0) is 51.1. The highest BCUT2D eigenvalue weighted by molar-refractivity contribution is 7.20. The lowest BCUT2D eigenvalue weighted by atomic mass is 9.12. The van der Waals surface area contributed by atoms with E-state index in [2.05, 4.69) is 45.0 Å². The zero-order valence-electron chi connectivity index (χ0n) is 36.1. The van der Waals surface area contributed by atoms with E-state index in [0.29, 0.717) is 0 Å². The molecule has 0 aliphatic rings. The van der Waals surface area contributed by atoms with E-state index < -0.39 is 144 Å². The fourth-order valence-electron chi connectivity index (χ4n) is 8.11. The molecule has 0 heterocycles. The van der Waals surface area contributed by atoms with E-state index in [1.54, 1.807) is 4.90 Å². The summed E-state index contributed by atoms with van der Waals surface area (Å²) in [5.41, 5.74) is -11.3. The van der Waals surface area contributed by atoms with E-state index in [0.717, 1.165) is 0 Å². The van der Waals surface area contributed by atoms with Gasteiger partial charge in [-0.25, -0.2) is 87.8 Å². The minimum Gasteiger partial charge on any atom is -0.302 e. The van der Waals surface area contributed by atoms with Gasteiger partial charge in [-0.3, -0.25) is 0 Å². The molecule has 0 radical (unpaired) electrons. The summed E-state index contributed by atoms with van der Waals surface area (Å²) in [6, 6.07) is 9.51. The number of quaternary nitrogens is 1. The van der Waals surface area contributed by atoms with Crippen molar-refractivity contribution in [2.24, 2.45) is 0 Å². The highest BCUT2D eigenvalue weighted by Crippen LogP contribution is 2.31. The van der Waals surface area contributed by atoms with Crippen LogP contribution in [0, 0.1) is 116 Å². The number of halogens is 20. The monoisotopic (exact) mass is 997 g/mol. The van der Waals surface area contributed by atoms with Gasteiger partial charge in [0.25, 0.3) is 0 Å². The lowest BCUT2D eigenvalue weighted by Crippen LogP contribution is -3.07. The molecule has 0 unspecified atom stereocenters. The number of aryl methyl sites for hydroxylation is 1. The quantitative estimate of drug-likeness (QED) is 0.0293. The van der Waals surface area contributed by atoms with Gasteiger partial charge in [-0.2, -0.15) is 0 Å². The third kappa shape index (κ3) is 10.3. The zero-order valence-corrected chi connectivity index (χ0v) is 36.1. The van der Waals surface area contributed by atoms with Gasteiger partial charge < -0.3 is 4.90 Å². The molecule has 0 aliphatic carbocycles. The molecule has 0 spiro atoms. The number of benzene rings is 5. The molecule has 5 aromatic carbocycles. The summed E-state index contributed by atoms with van der Waals surface area (Å²) in [6.07, 6.45) is 7.58. The van der Waals surface area contributed by atoms with Crippen LogP contribution < -0.4 is 26.8 Å².